The molecule has 2 aromatic rings. The molecule has 1 saturated heterocycles. The zero-order valence-corrected chi connectivity index (χ0v) is 14.4. The first-order valence-corrected chi connectivity index (χ1v) is 8.73. The minimum absolute atomic E-state index is 0.0864. The van der Waals surface area contributed by atoms with Crippen LogP contribution in [0.4, 0.5) is 16.2 Å². The fraction of sp³-hybridized carbons (Fsp3) is 0.421. The number of piperidine rings is 1. The molecule has 1 aromatic carbocycles. The summed E-state index contributed by atoms with van der Waals surface area (Å²) in [6.45, 7) is 4.47. The zero-order valence-electron chi connectivity index (χ0n) is 14.4. The number of furan rings is 1. The van der Waals surface area contributed by atoms with Gasteiger partial charge in [-0.25, -0.2) is 4.79 Å². The number of hydrogen-bond donors (Lipinski definition) is 3. The Labute approximate surface area is 147 Å². The quantitative estimate of drug-likeness (QED) is 0.778. The van der Waals surface area contributed by atoms with Gasteiger partial charge < -0.3 is 25.1 Å². The number of aliphatic hydroxyl groups excluding tert-OH is 1. The molecule has 2 heterocycles. The van der Waals surface area contributed by atoms with E-state index >= 15 is 0 Å². The number of anilines is 2. The average Bonchev–Trinajstić information content (AvgIpc) is 3.15. The van der Waals surface area contributed by atoms with Crippen molar-refractivity contribution in [3.05, 3.63) is 48.4 Å². The van der Waals surface area contributed by atoms with Crippen LogP contribution in [0.15, 0.2) is 47.1 Å². The van der Waals surface area contributed by atoms with Gasteiger partial charge in [-0.1, -0.05) is 13.0 Å². The molecule has 1 atom stereocenters. The lowest BCUT2D eigenvalue weighted by Crippen LogP contribution is -2.33. The summed E-state index contributed by atoms with van der Waals surface area (Å²) in [4.78, 5) is 14.4. The van der Waals surface area contributed by atoms with Crippen molar-refractivity contribution in [1.82, 2.24) is 5.32 Å². The van der Waals surface area contributed by atoms with Gasteiger partial charge in [0.25, 0.3) is 0 Å². The van der Waals surface area contributed by atoms with Crippen LogP contribution in [0.1, 0.15) is 31.6 Å². The summed E-state index contributed by atoms with van der Waals surface area (Å²) in [6.07, 6.45) is 3.03. The largest absolute Gasteiger partial charge is 0.467 e. The van der Waals surface area contributed by atoms with E-state index < -0.39 is 6.10 Å². The smallest absolute Gasteiger partial charge is 0.319 e. The van der Waals surface area contributed by atoms with Crippen molar-refractivity contribution in [2.45, 2.75) is 25.9 Å². The van der Waals surface area contributed by atoms with Crippen LogP contribution in [0.5, 0.6) is 0 Å². The molecule has 0 spiro atoms. The first-order valence-electron chi connectivity index (χ1n) is 8.73. The van der Waals surface area contributed by atoms with Gasteiger partial charge in [-0.2, -0.15) is 0 Å². The van der Waals surface area contributed by atoms with Gasteiger partial charge in [0.1, 0.15) is 11.9 Å². The normalized spacial score (nSPS) is 16.5. The molecule has 1 unspecified atom stereocenters. The zero-order chi connectivity index (χ0) is 17.6. The lowest BCUT2D eigenvalue weighted by atomic mass is 9.99. The van der Waals surface area contributed by atoms with E-state index in [0.29, 0.717) is 5.76 Å². The topological polar surface area (TPSA) is 77.7 Å². The van der Waals surface area contributed by atoms with E-state index in [9.17, 15) is 9.90 Å². The van der Waals surface area contributed by atoms with Gasteiger partial charge in [0.15, 0.2) is 0 Å². The van der Waals surface area contributed by atoms with Crippen LogP contribution in [0, 0.1) is 5.92 Å². The molecule has 0 aliphatic carbocycles. The Bertz CT molecular complexity index is 679. The molecule has 0 bridgehead atoms. The van der Waals surface area contributed by atoms with E-state index in [1.54, 1.807) is 12.1 Å². The monoisotopic (exact) mass is 343 g/mol. The lowest BCUT2D eigenvalue weighted by Gasteiger charge is -2.32. The number of rotatable bonds is 5. The summed E-state index contributed by atoms with van der Waals surface area (Å²) < 4.78 is 5.11. The van der Waals surface area contributed by atoms with Crippen molar-refractivity contribution in [1.29, 1.82) is 0 Å². The van der Waals surface area contributed by atoms with Crippen LogP contribution in [-0.2, 0) is 0 Å². The van der Waals surface area contributed by atoms with Crippen LogP contribution in [0.3, 0.4) is 0 Å². The third-order valence-corrected chi connectivity index (χ3v) is 4.58. The predicted octanol–water partition coefficient (Wildman–Crippen LogP) is 3.37. The Morgan fingerprint density at radius 2 is 2.12 bits per heavy atom. The second-order valence-corrected chi connectivity index (χ2v) is 6.59. The second-order valence-electron chi connectivity index (χ2n) is 6.59. The third-order valence-electron chi connectivity index (χ3n) is 4.58. The number of hydrogen-bond acceptors (Lipinski definition) is 4. The summed E-state index contributed by atoms with van der Waals surface area (Å²) in [7, 11) is 0. The minimum Gasteiger partial charge on any atom is -0.467 e. The number of carbonyl (C=O) groups excluding carboxylic acids is 1. The van der Waals surface area contributed by atoms with Gasteiger partial charge in [-0.05, 0) is 49.1 Å². The Balaban J connectivity index is 1.52. The van der Waals surface area contributed by atoms with E-state index in [0.717, 1.165) is 30.4 Å². The van der Waals surface area contributed by atoms with Crippen molar-refractivity contribution in [3.8, 4) is 0 Å². The van der Waals surface area contributed by atoms with Gasteiger partial charge in [0.05, 0.1) is 12.8 Å². The lowest BCUT2D eigenvalue weighted by molar-refractivity contribution is 0.149. The molecule has 3 N–H and O–H groups in total. The van der Waals surface area contributed by atoms with E-state index in [1.807, 2.05) is 18.2 Å². The number of nitrogens with zero attached hydrogens (tertiary/aromatic N) is 1. The van der Waals surface area contributed by atoms with Crippen molar-refractivity contribution in [3.63, 3.8) is 0 Å². The van der Waals surface area contributed by atoms with E-state index in [2.05, 4.69) is 28.5 Å². The predicted molar refractivity (Wildman–Crippen MR) is 97.7 cm³/mol. The molecule has 25 heavy (non-hydrogen) atoms. The fourth-order valence-electron chi connectivity index (χ4n) is 2.99. The van der Waals surface area contributed by atoms with Crippen LogP contribution >= 0.6 is 0 Å². The fourth-order valence-corrected chi connectivity index (χ4v) is 2.99. The van der Waals surface area contributed by atoms with Gasteiger partial charge >= 0.3 is 6.03 Å². The molecule has 2 amide bonds. The first kappa shape index (κ1) is 17.4. The number of aliphatic hydroxyl groups is 1. The SMILES string of the molecule is CC1CCN(c2cccc(NC(=O)NCC(O)c3ccco3)c2)CC1. The molecular formula is C19H25N3O3. The van der Waals surface area contributed by atoms with E-state index in [4.69, 9.17) is 4.42 Å². The highest BCUT2D eigenvalue weighted by atomic mass is 16.4. The van der Waals surface area contributed by atoms with Gasteiger partial charge in [0, 0.05) is 24.5 Å². The van der Waals surface area contributed by atoms with Gasteiger partial charge in [-0.3, -0.25) is 0 Å². The minimum atomic E-state index is -0.859. The molecule has 134 valence electrons. The van der Waals surface area contributed by atoms with Crippen LogP contribution in [0.25, 0.3) is 0 Å². The Kier molecular flexibility index (Phi) is 5.60. The molecule has 1 aliphatic heterocycles. The van der Waals surface area contributed by atoms with Crippen molar-refractivity contribution in [2.75, 3.05) is 29.9 Å². The molecule has 1 aromatic heterocycles. The standard InChI is InChI=1S/C19H25N3O3/c1-14-7-9-22(10-8-14)16-5-2-4-15(12-16)21-19(24)20-13-17(23)18-6-3-11-25-18/h2-6,11-12,14,17,23H,7-10,13H2,1H3,(H2,20,21,24). The molecule has 6 nitrogen and oxygen atoms in total. The van der Waals surface area contributed by atoms with E-state index in [1.165, 1.54) is 19.1 Å². The Morgan fingerprint density at radius 3 is 2.84 bits per heavy atom. The number of benzene rings is 1. The summed E-state index contributed by atoms with van der Waals surface area (Å²) in [5.41, 5.74) is 1.86. The third kappa shape index (κ3) is 4.76. The molecular weight excluding hydrogens is 318 g/mol. The molecule has 0 saturated carbocycles. The molecule has 0 radical (unpaired) electrons. The van der Waals surface area contributed by atoms with Gasteiger partial charge in [-0.15, -0.1) is 0 Å². The number of nitrogens with one attached hydrogen (secondary N) is 2. The Morgan fingerprint density at radius 1 is 1.32 bits per heavy atom. The first-order chi connectivity index (χ1) is 12.1. The number of amides is 2. The van der Waals surface area contributed by atoms with Crippen molar-refractivity contribution < 1.29 is 14.3 Å². The van der Waals surface area contributed by atoms with Crippen molar-refractivity contribution in [2.24, 2.45) is 5.92 Å². The molecule has 1 fully saturated rings. The highest BCUT2D eigenvalue weighted by Gasteiger charge is 2.16. The van der Waals surface area contributed by atoms with E-state index in [-0.39, 0.29) is 12.6 Å². The summed E-state index contributed by atoms with van der Waals surface area (Å²) >= 11 is 0. The van der Waals surface area contributed by atoms with Crippen LogP contribution < -0.4 is 15.5 Å². The highest BCUT2D eigenvalue weighted by Crippen LogP contribution is 2.25. The second kappa shape index (κ2) is 8.07. The molecule has 3 rings (SSSR count). The maximum atomic E-state index is 12.0. The maximum absolute atomic E-state index is 12.0. The highest BCUT2D eigenvalue weighted by molar-refractivity contribution is 5.89. The molecule has 6 heteroatoms. The van der Waals surface area contributed by atoms with Crippen LogP contribution in [0.2, 0.25) is 0 Å². The summed E-state index contributed by atoms with van der Waals surface area (Å²) in [6, 6.07) is 10.9. The van der Waals surface area contributed by atoms with Gasteiger partial charge in [0.2, 0.25) is 0 Å². The van der Waals surface area contributed by atoms with Crippen molar-refractivity contribution >= 4 is 17.4 Å². The maximum Gasteiger partial charge on any atom is 0.319 e. The van der Waals surface area contributed by atoms with Crippen LogP contribution in [-0.4, -0.2) is 30.8 Å². The summed E-state index contributed by atoms with van der Waals surface area (Å²) in [5, 5.41) is 15.4. The number of carbonyl (C=O) groups is 1. The average molecular weight is 343 g/mol. The molecule has 1 aliphatic rings. The number of urea groups is 1. The summed E-state index contributed by atoms with van der Waals surface area (Å²) in [5.74, 6) is 1.21. The Hall–Kier alpha value is -2.47.